The number of nitrogens with two attached hydrogens (primary N) is 1. The van der Waals surface area contributed by atoms with Crippen LogP contribution in [0.1, 0.15) is 12.5 Å². The van der Waals surface area contributed by atoms with Crippen LogP contribution in [0.25, 0.3) is 0 Å². The van der Waals surface area contributed by atoms with Gasteiger partial charge in [0.15, 0.2) is 6.10 Å². The van der Waals surface area contributed by atoms with E-state index in [9.17, 15) is 9.59 Å². The summed E-state index contributed by atoms with van der Waals surface area (Å²) in [5.74, 6) is -0.352. The van der Waals surface area contributed by atoms with Gasteiger partial charge in [-0.05, 0) is 25.1 Å². The van der Waals surface area contributed by atoms with Crippen molar-refractivity contribution in [3.8, 4) is 5.75 Å². The van der Waals surface area contributed by atoms with Crippen molar-refractivity contribution in [3.63, 3.8) is 0 Å². The zero-order valence-electron chi connectivity index (χ0n) is 9.64. The molecule has 1 aromatic carbocycles. The number of hydrogen-bond donors (Lipinski definition) is 3. The Morgan fingerprint density at radius 3 is 2.78 bits per heavy atom. The number of carbonyl (C=O) groups is 2. The predicted octanol–water partition coefficient (Wildman–Crippen LogP) is 0.794. The van der Waals surface area contributed by atoms with Crippen molar-refractivity contribution in [2.24, 2.45) is 5.73 Å². The minimum atomic E-state index is -0.950. The maximum absolute atomic E-state index is 11.4. The number of amides is 3. The van der Waals surface area contributed by atoms with E-state index >= 15 is 0 Å². The first-order valence-corrected chi connectivity index (χ1v) is 5.48. The van der Waals surface area contributed by atoms with Crippen LogP contribution in [0, 0.1) is 0 Å². The number of imide groups is 1. The van der Waals surface area contributed by atoms with Crippen LogP contribution in [0.5, 0.6) is 5.75 Å². The molecular weight excluding hydrogens is 260 g/mol. The van der Waals surface area contributed by atoms with Crippen molar-refractivity contribution < 1.29 is 19.4 Å². The highest BCUT2D eigenvalue weighted by Gasteiger charge is 2.17. The molecular formula is C11H13ClN2O4. The summed E-state index contributed by atoms with van der Waals surface area (Å²) in [6.45, 7) is 1.17. The molecule has 0 bridgehead atoms. The number of rotatable bonds is 4. The average Bonchev–Trinajstić information content (AvgIpc) is 2.30. The molecule has 18 heavy (non-hydrogen) atoms. The number of primary amides is 1. The van der Waals surface area contributed by atoms with Gasteiger partial charge in [0.1, 0.15) is 5.75 Å². The van der Waals surface area contributed by atoms with E-state index in [-0.39, 0.29) is 6.61 Å². The lowest BCUT2D eigenvalue weighted by molar-refractivity contribution is -0.126. The molecule has 1 aromatic rings. The predicted molar refractivity (Wildman–Crippen MR) is 65.2 cm³/mol. The van der Waals surface area contributed by atoms with Gasteiger partial charge in [-0.25, -0.2) is 4.79 Å². The zero-order chi connectivity index (χ0) is 13.7. The van der Waals surface area contributed by atoms with Crippen LogP contribution >= 0.6 is 11.6 Å². The van der Waals surface area contributed by atoms with Crippen molar-refractivity contribution in [1.82, 2.24) is 5.32 Å². The Morgan fingerprint density at radius 1 is 1.56 bits per heavy atom. The third kappa shape index (κ3) is 3.90. The number of carbonyl (C=O) groups excluding carboxylic acids is 2. The highest BCUT2D eigenvalue weighted by molar-refractivity contribution is 6.30. The van der Waals surface area contributed by atoms with Gasteiger partial charge in [0.05, 0.1) is 6.61 Å². The first kappa shape index (κ1) is 14.3. The number of nitrogens with one attached hydrogen (secondary N) is 1. The molecule has 6 nitrogen and oxygen atoms in total. The lowest BCUT2D eigenvalue weighted by Gasteiger charge is -2.15. The van der Waals surface area contributed by atoms with Gasteiger partial charge in [0.2, 0.25) is 0 Å². The van der Waals surface area contributed by atoms with Gasteiger partial charge in [-0.15, -0.1) is 0 Å². The summed E-state index contributed by atoms with van der Waals surface area (Å²) in [5.41, 5.74) is 5.26. The SMILES string of the molecule is CC(Oc1ccc(Cl)cc1CO)C(=O)NC(N)=O. The Morgan fingerprint density at radius 2 is 2.22 bits per heavy atom. The Kier molecular flexibility index (Phi) is 4.94. The van der Waals surface area contributed by atoms with Crippen LogP contribution in [-0.4, -0.2) is 23.1 Å². The maximum atomic E-state index is 11.4. The Balaban J connectivity index is 2.78. The fraction of sp³-hybridized carbons (Fsp3) is 0.273. The molecule has 0 heterocycles. The topological polar surface area (TPSA) is 102 Å². The smallest absolute Gasteiger partial charge is 0.318 e. The molecule has 7 heteroatoms. The number of benzene rings is 1. The highest BCUT2D eigenvalue weighted by Crippen LogP contribution is 2.23. The molecule has 0 aliphatic carbocycles. The van der Waals surface area contributed by atoms with Crippen LogP contribution in [-0.2, 0) is 11.4 Å². The molecule has 0 saturated carbocycles. The highest BCUT2D eigenvalue weighted by atomic mass is 35.5. The van der Waals surface area contributed by atoms with Crippen LogP contribution in [0.2, 0.25) is 5.02 Å². The van der Waals surface area contributed by atoms with E-state index in [1.54, 1.807) is 6.07 Å². The minimum Gasteiger partial charge on any atom is -0.481 e. The number of hydrogen-bond acceptors (Lipinski definition) is 4. The largest absolute Gasteiger partial charge is 0.481 e. The first-order chi connectivity index (χ1) is 8.43. The van der Waals surface area contributed by atoms with Crippen LogP contribution in [0.4, 0.5) is 4.79 Å². The third-order valence-corrected chi connectivity index (χ3v) is 2.35. The first-order valence-electron chi connectivity index (χ1n) is 5.10. The molecule has 0 fully saturated rings. The number of ether oxygens (including phenoxy) is 1. The fourth-order valence-corrected chi connectivity index (χ4v) is 1.45. The average molecular weight is 273 g/mol. The van der Waals surface area contributed by atoms with Crippen molar-refractivity contribution in [3.05, 3.63) is 28.8 Å². The quantitative estimate of drug-likeness (QED) is 0.754. The second kappa shape index (κ2) is 6.23. The van der Waals surface area contributed by atoms with Gasteiger partial charge in [0.25, 0.3) is 5.91 Å². The molecule has 0 aliphatic heterocycles. The van der Waals surface area contributed by atoms with Gasteiger partial charge in [-0.3, -0.25) is 10.1 Å². The van der Waals surface area contributed by atoms with E-state index in [2.05, 4.69) is 0 Å². The lowest BCUT2D eigenvalue weighted by atomic mass is 10.2. The summed E-state index contributed by atoms with van der Waals surface area (Å²) in [6, 6.07) is 3.67. The lowest BCUT2D eigenvalue weighted by Crippen LogP contribution is -2.42. The monoisotopic (exact) mass is 272 g/mol. The van der Waals surface area contributed by atoms with Crippen molar-refractivity contribution >= 4 is 23.5 Å². The number of halogens is 1. The minimum absolute atomic E-state index is 0.278. The summed E-state index contributed by atoms with van der Waals surface area (Å²) >= 11 is 5.76. The van der Waals surface area contributed by atoms with Gasteiger partial charge < -0.3 is 15.6 Å². The van der Waals surface area contributed by atoms with E-state index in [0.29, 0.717) is 16.3 Å². The summed E-state index contributed by atoms with van der Waals surface area (Å²) < 4.78 is 5.32. The second-order valence-electron chi connectivity index (χ2n) is 3.52. The normalized spacial score (nSPS) is 11.7. The van der Waals surface area contributed by atoms with Crippen LogP contribution in [0.3, 0.4) is 0 Å². The molecule has 1 rings (SSSR count). The molecule has 0 aliphatic rings. The van der Waals surface area contributed by atoms with E-state index in [0.717, 1.165) is 0 Å². The van der Waals surface area contributed by atoms with Crippen molar-refractivity contribution in [2.45, 2.75) is 19.6 Å². The molecule has 0 radical (unpaired) electrons. The fourth-order valence-electron chi connectivity index (χ4n) is 1.25. The molecule has 3 amide bonds. The van der Waals surface area contributed by atoms with Crippen molar-refractivity contribution in [1.29, 1.82) is 0 Å². The van der Waals surface area contributed by atoms with Gasteiger partial charge in [-0.2, -0.15) is 0 Å². The summed E-state index contributed by atoms with van der Waals surface area (Å²) in [6.07, 6.45) is -0.927. The van der Waals surface area contributed by atoms with E-state index in [4.69, 9.17) is 27.2 Å². The molecule has 1 atom stereocenters. The molecule has 0 saturated heterocycles. The molecule has 1 unspecified atom stereocenters. The van der Waals surface area contributed by atoms with Gasteiger partial charge >= 0.3 is 6.03 Å². The maximum Gasteiger partial charge on any atom is 0.318 e. The second-order valence-corrected chi connectivity index (χ2v) is 3.96. The number of aliphatic hydroxyl groups is 1. The van der Waals surface area contributed by atoms with E-state index in [1.165, 1.54) is 19.1 Å². The van der Waals surface area contributed by atoms with Gasteiger partial charge in [0, 0.05) is 10.6 Å². The number of aliphatic hydroxyl groups excluding tert-OH is 1. The molecule has 0 aromatic heterocycles. The standard InChI is InChI=1S/C11H13ClN2O4/c1-6(10(16)14-11(13)17)18-9-3-2-8(12)4-7(9)5-15/h2-4,6,15H,5H2,1H3,(H3,13,14,16,17). The summed E-state index contributed by atoms with van der Waals surface area (Å²) in [5, 5.41) is 11.5. The van der Waals surface area contributed by atoms with Crippen molar-refractivity contribution in [2.75, 3.05) is 0 Å². The summed E-state index contributed by atoms with van der Waals surface area (Å²) in [7, 11) is 0. The van der Waals surface area contributed by atoms with Gasteiger partial charge in [-0.1, -0.05) is 11.6 Å². The molecule has 98 valence electrons. The summed E-state index contributed by atoms with van der Waals surface area (Å²) in [4.78, 5) is 21.9. The molecule has 4 N–H and O–H groups in total. The van der Waals surface area contributed by atoms with E-state index < -0.39 is 18.0 Å². The Hall–Kier alpha value is -1.79. The zero-order valence-corrected chi connectivity index (χ0v) is 10.4. The Bertz CT molecular complexity index is 464. The molecule has 0 spiro atoms. The Labute approximate surface area is 109 Å². The van der Waals surface area contributed by atoms with Crippen LogP contribution in [0.15, 0.2) is 18.2 Å². The number of urea groups is 1. The van der Waals surface area contributed by atoms with Crippen LogP contribution < -0.4 is 15.8 Å². The third-order valence-electron chi connectivity index (χ3n) is 2.11. The van der Waals surface area contributed by atoms with E-state index in [1.807, 2.05) is 5.32 Å².